The van der Waals surface area contributed by atoms with Crippen LogP contribution in [0.15, 0.2) is 51.9 Å². The Kier molecular flexibility index (Phi) is 8.49. The second-order valence-corrected chi connectivity index (χ2v) is 7.97. The van der Waals surface area contributed by atoms with Gasteiger partial charge in [0.1, 0.15) is 23.3 Å². The van der Waals surface area contributed by atoms with Gasteiger partial charge in [0.2, 0.25) is 11.2 Å². The minimum Gasteiger partial charge on any atom is -0.507 e. The van der Waals surface area contributed by atoms with Gasteiger partial charge in [0.15, 0.2) is 0 Å². The van der Waals surface area contributed by atoms with Crippen LogP contribution >= 0.6 is 0 Å². The average molecular weight is 454 g/mol. The number of carbonyl (C=O) groups excluding carboxylic acids is 1. The second-order valence-electron chi connectivity index (χ2n) is 7.97. The van der Waals surface area contributed by atoms with Crippen LogP contribution in [0.3, 0.4) is 0 Å². The topological polar surface area (TPSA) is 89.2 Å². The van der Waals surface area contributed by atoms with Crippen LogP contribution < -0.4 is 10.2 Å². The Morgan fingerprint density at radius 2 is 1.70 bits per heavy atom. The van der Waals surface area contributed by atoms with Gasteiger partial charge in [-0.05, 0) is 62.3 Å². The van der Waals surface area contributed by atoms with Crippen LogP contribution in [0.4, 0.5) is 0 Å². The van der Waals surface area contributed by atoms with Crippen LogP contribution in [-0.2, 0) is 11.3 Å². The number of phenols is 1. The van der Waals surface area contributed by atoms with Gasteiger partial charge in [0.25, 0.3) is 0 Å². The maximum absolute atomic E-state index is 13.1. The molecule has 0 amide bonds. The monoisotopic (exact) mass is 453 g/mol. The number of hydrogen-bond acceptors (Lipinski definition) is 7. The van der Waals surface area contributed by atoms with Gasteiger partial charge in [-0.25, -0.2) is 4.79 Å². The Morgan fingerprint density at radius 1 is 1.03 bits per heavy atom. The highest BCUT2D eigenvalue weighted by Gasteiger charge is 2.18. The number of ether oxygens (including phenoxy) is 2. The van der Waals surface area contributed by atoms with Crippen molar-refractivity contribution in [1.82, 2.24) is 4.90 Å². The van der Waals surface area contributed by atoms with Crippen LogP contribution in [0.5, 0.6) is 17.2 Å². The third kappa shape index (κ3) is 5.93. The molecule has 3 aromatic rings. The van der Waals surface area contributed by atoms with Crippen molar-refractivity contribution in [1.29, 1.82) is 0 Å². The molecule has 7 heteroatoms. The van der Waals surface area contributed by atoms with Crippen molar-refractivity contribution in [2.45, 2.75) is 46.1 Å². The molecule has 0 radical (unpaired) electrons. The predicted molar refractivity (Wildman–Crippen MR) is 127 cm³/mol. The number of fused-ring (bicyclic) bond motifs is 1. The van der Waals surface area contributed by atoms with Crippen molar-refractivity contribution >= 4 is 16.9 Å². The molecule has 1 aromatic heterocycles. The molecule has 33 heavy (non-hydrogen) atoms. The zero-order valence-corrected chi connectivity index (χ0v) is 19.4. The summed E-state index contributed by atoms with van der Waals surface area (Å²) in [4.78, 5) is 27.0. The number of methoxy groups -OCH3 is 1. The predicted octanol–water partition coefficient (Wildman–Crippen LogP) is 5.48. The zero-order valence-electron chi connectivity index (χ0n) is 19.4. The number of carbonyl (C=O) groups is 1. The standard InChI is InChI=1S/C26H31NO6/c1-4-6-14-27(15-7-5-2)16-21-22(28)13-12-20-24(29)23(17-32-25(20)21)33-19-10-8-18(9-11-19)26(30)31-3/h8-13,17,28H,4-7,14-16H2,1-3H3. The molecule has 0 spiro atoms. The fourth-order valence-electron chi connectivity index (χ4n) is 3.61. The van der Waals surface area contributed by atoms with Gasteiger partial charge >= 0.3 is 5.97 Å². The maximum atomic E-state index is 13.1. The molecular formula is C26H31NO6. The fourth-order valence-corrected chi connectivity index (χ4v) is 3.61. The molecule has 0 atom stereocenters. The van der Waals surface area contributed by atoms with Crippen LogP contribution in [0.25, 0.3) is 11.0 Å². The molecule has 3 rings (SSSR count). The summed E-state index contributed by atoms with van der Waals surface area (Å²) in [6.07, 6.45) is 5.56. The minimum absolute atomic E-state index is 0.0266. The van der Waals surface area contributed by atoms with Gasteiger partial charge in [-0.2, -0.15) is 0 Å². The molecule has 0 fully saturated rings. The van der Waals surface area contributed by atoms with E-state index in [2.05, 4.69) is 23.5 Å². The Bertz CT molecular complexity index is 1130. The van der Waals surface area contributed by atoms with E-state index in [4.69, 9.17) is 9.15 Å². The highest BCUT2D eigenvalue weighted by atomic mass is 16.5. The summed E-state index contributed by atoms with van der Waals surface area (Å²) in [5.41, 5.74) is 1.02. The SMILES string of the molecule is CCCCN(CCCC)Cc1c(O)ccc2c(=O)c(Oc3ccc(C(=O)OC)cc3)coc12. The van der Waals surface area contributed by atoms with E-state index in [1.165, 1.54) is 19.4 Å². The molecular weight excluding hydrogens is 422 g/mol. The van der Waals surface area contributed by atoms with E-state index in [0.29, 0.717) is 34.4 Å². The van der Waals surface area contributed by atoms with Crippen LogP contribution in [0.1, 0.15) is 55.5 Å². The highest BCUT2D eigenvalue weighted by Crippen LogP contribution is 2.30. The van der Waals surface area contributed by atoms with Crippen molar-refractivity contribution in [2.24, 2.45) is 0 Å². The van der Waals surface area contributed by atoms with E-state index < -0.39 is 5.97 Å². The number of esters is 1. The van der Waals surface area contributed by atoms with E-state index in [1.54, 1.807) is 30.3 Å². The van der Waals surface area contributed by atoms with Gasteiger partial charge in [-0.1, -0.05) is 26.7 Å². The van der Waals surface area contributed by atoms with Crippen LogP contribution in [-0.4, -0.2) is 36.2 Å². The minimum atomic E-state index is -0.453. The summed E-state index contributed by atoms with van der Waals surface area (Å²) in [6, 6.07) is 9.36. The molecule has 0 bridgehead atoms. The normalized spacial score (nSPS) is 11.2. The summed E-state index contributed by atoms with van der Waals surface area (Å²) in [6.45, 7) is 6.63. The Balaban J connectivity index is 1.89. The molecule has 0 aliphatic heterocycles. The third-order valence-electron chi connectivity index (χ3n) is 5.53. The largest absolute Gasteiger partial charge is 0.507 e. The van der Waals surface area contributed by atoms with Crippen molar-refractivity contribution < 1.29 is 23.8 Å². The first kappa shape index (κ1) is 24.3. The van der Waals surface area contributed by atoms with Crippen LogP contribution in [0, 0.1) is 0 Å². The van der Waals surface area contributed by atoms with Gasteiger partial charge in [0.05, 0.1) is 23.6 Å². The number of benzene rings is 2. The average Bonchev–Trinajstić information content (AvgIpc) is 2.83. The highest BCUT2D eigenvalue weighted by molar-refractivity contribution is 5.89. The lowest BCUT2D eigenvalue weighted by atomic mass is 10.1. The molecule has 2 aromatic carbocycles. The van der Waals surface area contributed by atoms with Gasteiger partial charge in [-0.15, -0.1) is 0 Å². The van der Waals surface area contributed by atoms with Gasteiger partial charge in [-0.3, -0.25) is 9.69 Å². The summed E-state index contributed by atoms with van der Waals surface area (Å²) in [7, 11) is 1.31. The van der Waals surface area contributed by atoms with Crippen molar-refractivity contribution in [3.63, 3.8) is 0 Å². The van der Waals surface area contributed by atoms with E-state index in [-0.39, 0.29) is 16.9 Å². The molecule has 1 heterocycles. The summed E-state index contributed by atoms with van der Waals surface area (Å²) in [5.74, 6) is 0.0686. The smallest absolute Gasteiger partial charge is 0.337 e. The van der Waals surface area contributed by atoms with Crippen molar-refractivity contribution in [3.8, 4) is 17.2 Å². The lowest BCUT2D eigenvalue weighted by Gasteiger charge is -2.23. The number of phenolic OH excluding ortho intramolecular Hbond substituents is 1. The van der Waals surface area contributed by atoms with E-state index >= 15 is 0 Å². The van der Waals surface area contributed by atoms with Crippen molar-refractivity contribution in [2.75, 3.05) is 20.2 Å². The zero-order chi connectivity index (χ0) is 23.8. The van der Waals surface area contributed by atoms with Gasteiger partial charge in [0, 0.05) is 6.54 Å². The third-order valence-corrected chi connectivity index (χ3v) is 5.53. The van der Waals surface area contributed by atoms with E-state index in [1.807, 2.05) is 0 Å². The van der Waals surface area contributed by atoms with Gasteiger partial charge < -0.3 is 19.0 Å². The summed E-state index contributed by atoms with van der Waals surface area (Å²) in [5, 5.41) is 10.9. The number of aromatic hydroxyl groups is 1. The Labute approximate surface area is 193 Å². The summed E-state index contributed by atoms with van der Waals surface area (Å²) >= 11 is 0. The molecule has 0 saturated carbocycles. The molecule has 176 valence electrons. The quantitative estimate of drug-likeness (QED) is 0.385. The Morgan fingerprint density at radius 3 is 2.30 bits per heavy atom. The summed E-state index contributed by atoms with van der Waals surface area (Å²) < 4.78 is 16.2. The number of unbranched alkanes of at least 4 members (excludes halogenated alkanes) is 2. The first-order valence-corrected chi connectivity index (χ1v) is 11.3. The first-order chi connectivity index (χ1) is 16.0. The number of rotatable bonds is 11. The maximum Gasteiger partial charge on any atom is 0.337 e. The van der Waals surface area contributed by atoms with Crippen molar-refractivity contribution in [3.05, 3.63) is 64.0 Å². The fraction of sp³-hybridized carbons (Fsp3) is 0.385. The molecule has 0 saturated heterocycles. The Hall–Kier alpha value is -3.32. The lowest BCUT2D eigenvalue weighted by Crippen LogP contribution is -2.26. The number of hydrogen-bond donors (Lipinski definition) is 1. The molecule has 1 N–H and O–H groups in total. The van der Waals surface area contributed by atoms with E-state index in [9.17, 15) is 14.7 Å². The number of nitrogens with zero attached hydrogens (tertiary/aromatic N) is 1. The molecule has 0 aliphatic carbocycles. The second kappa shape index (κ2) is 11.5. The van der Waals surface area contributed by atoms with Crippen LogP contribution in [0.2, 0.25) is 0 Å². The lowest BCUT2D eigenvalue weighted by molar-refractivity contribution is 0.0600. The molecule has 0 aliphatic rings. The van der Waals surface area contributed by atoms with E-state index in [0.717, 1.165) is 38.8 Å². The molecule has 7 nitrogen and oxygen atoms in total. The first-order valence-electron chi connectivity index (χ1n) is 11.3. The molecule has 0 unspecified atom stereocenters.